The third kappa shape index (κ3) is 1.72. The van der Waals surface area contributed by atoms with Crippen LogP contribution in [0.1, 0.15) is 39.3 Å². The van der Waals surface area contributed by atoms with Crippen molar-refractivity contribution < 1.29 is 9.13 Å². The minimum Gasteiger partial charge on any atom is -0.467 e. The second-order valence-electron chi connectivity index (χ2n) is 6.02. The van der Waals surface area contributed by atoms with Crippen LogP contribution in [0, 0.1) is 11.7 Å². The lowest BCUT2D eigenvalue weighted by atomic mass is 9.80. The predicted molar refractivity (Wildman–Crippen MR) is 80.0 cm³/mol. The molecular formula is C15H19FN2OS. The Hall–Kier alpha value is -1.36. The van der Waals surface area contributed by atoms with Gasteiger partial charge in [0.05, 0.1) is 6.04 Å². The fourth-order valence-electron chi connectivity index (χ4n) is 3.37. The molecule has 20 heavy (non-hydrogen) atoms. The number of nitrogens with zero attached hydrogens (tertiary/aromatic N) is 1. The molecule has 3 nitrogen and oxygen atoms in total. The van der Waals surface area contributed by atoms with Crippen molar-refractivity contribution >= 4 is 17.3 Å². The Morgan fingerprint density at radius 2 is 2.15 bits per heavy atom. The smallest absolute Gasteiger partial charge is 0.187 e. The number of fused-ring (bicyclic) bond motifs is 4. The van der Waals surface area contributed by atoms with Gasteiger partial charge in [-0.2, -0.15) is 0 Å². The maximum atomic E-state index is 13.5. The van der Waals surface area contributed by atoms with Crippen LogP contribution in [0.2, 0.25) is 0 Å². The average molecular weight is 294 g/mol. The summed E-state index contributed by atoms with van der Waals surface area (Å²) in [4.78, 5) is 2.09. The summed E-state index contributed by atoms with van der Waals surface area (Å²) in [5.41, 5.74) is 0.340. The van der Waals surface area contributed by atoms with Gasteiger partial charge in [0, 0.05) is 17.5 Å². The minimum absolute atomic E-state index is 0.0121. The van der Waals surface area contributed by atoms with Crippen molar-refractivity contribution in [2.45, 2.75) is 45.5 Å². The van der Waals surface area contributed by atoms with Crippen LogP contribution in [0.5, 0.6) is 5.75 Å². The highest BCUT2D eigenvalue weighted by Gasteiger charge is 2.53. The predicted octanol–water partition coefficient (Wildman–Crippen LogP) is 3.21. The minimum atomic E-state index is -0.508. The van der Waals surface area contributed by atoms with Gasteiger partial charge in [-0.15, -0.1) is 0 Å². The van der Waals surface area contributed by atoms with Crippen LogP contribution >= 0.6 is 12.2 Å². The molecule has 2 heterocycles. The summed E-state index contributed by atoms with van der Waals surface area (Å²) in [5, 5.41) is 4.02. The molecule has 108 valence electrons. The Morgan fingerprint density at radius 3 is 2.80 bits per heavy atom. The zero-order chi connectivity index (χ0) is 14.7. The van der Waals surface area contributed by atoms with Gasteiger partial charge in [0.2, 0.25) is 0 Å². The van der Waals surface area contributed by atoms with Crippen molar-refractivity contribution in [1.29, 1.82) is 0 Å². The first-order valence-electron chi connectivity index (χ1n) is 6.93. The summed E-state index contributed by atoms with van der Waals surface area (Å²) in [5.74, 6) is 0.644. The van der Waals surface area contributed by atoms with E-state index in [0.29, 0.717) is 5.11 Å². The molecule has 3 rings (SSSR count). The number of thiocarbonyl (C=S) groups is 1. The topological polar surface area (TPSA) is 24.5 Å². The number of hydrogen-bond acceptors (Lipinski definition) is 2. The molecule has 0 aromatic heterocycles. The lowest BCUT2D eigenvalue weighted by Gasteiger charge is -2.57. The molecule has 0 aliphatic carbocycles. The number of benzene rings is 1. The van der Waals surface area contributed by atoms with Gasteiger partial charge in [0.15, 0.2) is 10.8 Å². The zero-order valence-corrected chi connectivity index (χ0v) is 12.9. The molecule has 2 aliphatic heterocycles. The van der Waals surface area contributed by atoms with Gasteiger partial charge in [-0.05, 0) is 51.2 Å². The third-order valence-corrected chi connectivity index (χ3v) is 4.78. The largest absolute Gasteiger partial charge is 0.467 e. The Bertz CT molecular complexity index is 577. The second kappa shape index (κ2) is 4.32. The van der Waals surface area contributed by atoms with Gasteiger partial charge in [0.1, 0.15) is 11.6 Å². The van der Waals surface area contributed by atoms with Gasteiger partial charge in [0.25, 0.3) is 0 Å². The highest BCUT2D eigenvalue weighted by Crippen LogP contribution is 2.48. The van der Waals surface area contributed by atoms with Gasteiger partial charge < -0.3 is 15.0 Å². The third-order valence-electron chi connectivity index (χ3n) is 4.46. The fraction of sp³-hybridized carbons (Fsp3) is 0.533. The molecule has 0 radical (unpaired) electrons. The number of ether oxygens (including phenoxy) is 1. The van der Waals surface area contributed by atoms with E-state index < -0.39 is 5.72 Å². The molecule has 3 unspecified atom stereocenters. The van der Waals surface area contributed by atoms with Crippen LogP contribution in [0.15, 0.2) is 18.2 Å². The van der Waals surface area contributed by atoms with E-state index in [1.54, 1.807) is 6.07 Å². The van der Waals surface area contributed by atoms with E-state index in [4.69, 9.17) is 17.0 Å². The van der Waals surface area contributed by atoms with E-state index in [1.165, 1.54) is 12.1 Å². The van der Waals surface area contributed by atoms with Crippen molar-refractivity contribution in [3.05, 3.63) is 29.6 Å². The van der Waals surface area contributed by atoms with E-state index in [1.807, 2.05) is 0 Å². The van der Waals surface area contributed by atoms with Crippen LogP contribution in [-0.4, -0.2) is 21.8 Å². The Morgan fingerprint density at radius 1 is 1.45 bits per heavy atom. The van der Waals surface area contributed by atoms with E-state index >= 15 is 0 Å². The Balaban J connectivity index is 2.14. The van der Waals surface area contributed by atoms with E-state index in [0.717, 1.165) is 11.3 Å². The van der Waals surface area contributed by atoms with Gasteiger partial charge in [-0.1, -0.05) is 6.92 Å². The Labute approximate surface area is 124 Å². The summed E-state index contributed by atoms with van der Waals surface area (Å²) in [6.07, 6.45) is 0. The first-order valence-corrected chi connectivity index (χ1v) is 7.33. The molecule has 0 amide bonds. The molecule has 2 aliphatic rings. The molecule has 1 fully saturated rings. The summed E-state index contributed by atoms with van der Waals surface area (Å²) >= 11 is 5.49. The van der Waals surface area contributed by atoms with Gasteiger partial charge in [-0.3, -0.25) is 0 Å². The van der Waals surface area contributed by atoms with E-state index in [2.05, 4.69) is 37.9 Å². The van der Waals surface area contributed by atoms with Crippen LogP contribution < -0.4 is 10.1 Å². The van der Waals surface area contributed by atoms with Crippen LogP contribution in [0.3, 0.4) is 0 Å². The molecule has 5 heteroatoms. The van der Waals surface area contributed by atoms with Gasteiger partial charge >= 0.3 is 0 Å². The van der Waals surface area contributed by atoms with Crippen molar-refractivity contribution in [3.8, 4) is 5.75 Å². The molecule has 1 N–H and O–H groups in total. The number of halogens is 1. The fourth-order valence-corrected chi connectivity index (χ4v) is 3.89. The summed E-state index contributed by atoms with van der Waals surface area (Å²) in [6, 6.07) is 4.89. The maximum absolute atomic E-state index is 13.5. The average Bonchev–Trinajstić information content (AvgIpc) is 2.34. The zero-order valence-electron chi connectivity index (χ0n) is 12.1. The summed E-state index contributed by atoms with van der Waals surface area (Å²) < 4.78 is 19.8. The molecular weight excluding hydrogens is 275 g/mol. The summed E-state index contributed by atoms with van der Waals surface area (Å²) in [6.45, 7) is 8.36. The van der Waals surface area contributed by atoms with Crippen molar-refractivity contribution in [3.63, 3.8) is 0 Å². The highest BCUT2D eigenvalue weighted by atomic mass is 32.1. The number of rotatable bonds is 1. The first-order chi connectivity index (χ1) is 9.34. The monoisotopic (exact) mass is 294 g/mol. The van der Waals surface area contributed by atoms with Crippen molar-refractivity contribution in [2.24, 2.45) is 5.92 Å². The van der Waals surface area contributed by atoms with E-state index in [-0.39, 0.29) is 23.8 Å². The molecule has 3 atom stereocenters. The highest BCUT2D eigenvalue weighted by molar-refractivity contribution is 7.80. The molecule has 1 aromatic carbocycles. The lowest BCUT2D eigenvalue weighted by Crippen LogP contribution is -2.70. The molecule has 2 bridgehead atoms. The normalized spacial score (nSPS) is 31.7. The Kier molecular flexibility index (Phi) is 2.94. The number of hydrogen-bond donors (Lipinski definition) is 1. The SMILES string of the molecule is CC(C)N1C(=S)NC2c3cc(F)ccc3OC1(C)C2C. The maximum Gasteiger partial charge on any atom is 0.187 e. The van der Waals surface area contributed by atoms with Crippen molar-refractivity contribution in [2.75, 3.05) is 0 Å². The first kappa shape index (κ1) is 13.6. The lowest BCUT2D eigenvalue weighted by molar-refractivity contribution is -0.121. The summed E-state index contributed by atoms with van der Waals surface area (Å²) in [7, 11) is 0. The van der Waals surface area contributed by atoms with Crippen LogP contribution in [0.25, 0.3) is 0 Å². The van der Waals surface area contributed by atoms with Crippen LogP contribution in [-0.2, 0) is 0 Å². The van der Waals surface area contributed by atoms with Crippen molar-refractivity contribution in [1.82, 2.24) is 10.2 Å². The number of nitrogens with one attached hydrogen (secondary N) is 1. The van der Waals surface area contributed by atoms with Crippen LogP contribution in [0.4, 0.5) is 4.39 Å². The van der Waals surface area contributed by atoms with Gasteiger partial charge in [-0.25, -0.2) is 4.39 Å². The molecule has 1 aromatic rings. The second-order valence-corrected chi connectivity index (χ2v) is 6.41. The molecule has 0 spiro atoms. The molecule has 1 saturated heterocycles. The quantitative estimate of drug-likeness (QED) is 0.804. The standard InChI is InChI=1S/C15H19FN2OS/c1-8(2)18-14(20)17-13-9(3)15(18,4)19-12-6-5-10(16)7-11(12)13/h5-9,13H,1-4H3,(H,17,20). The van der Waals surface area contributed by atoms with E-state index in [9.17, 15) is 4.39 Å². The molecule has 0 saturated carbocycles.